The van der Waals surface area contributed by atoms with Crippen LogP contribution < -0.4 is 0 Å². The van der Waals surface area contributed by atoms with Crippen molar-refractivity contribution in [3.8, 4) is 0 Å². The molecule has 0 aromatic rings. The number of hydrogen-bond donors (Lipinski definition) is 1. The van der Waals surface area contributed by atoms with E-state index < -0.39 is 5.97 Å². The van der Waals surface area contributed by atoms with Gasteiger partial charge in [0.1, 0.15) is 0 Å². The normalized spacial score (nSPS) is 12.5. The van der Waals surface area contributed by atoms with Crippen molar-refractivity contribution in [2.75, 3.05) is 0 Å². The monoisotopic (exact) mass is 370 g/mol. The van der Waals surface area contributed by atoms with Crippen LogP contribution in [0.3, 0.4) is 0 Å². The summed E-state index contributed by atoms with van der Waals surface area (Å²) in [6, 6.07) is 0. The molecular formula is C22H34CaO2. The first-order valence-corrected chi connectivity index (χ1v) is 9.00. The van der Waals surface area contributed by atoms with Crippen molar-refractivity contribution in [2.24, 2.45) is 0 Å². The second-order valence-corrected chi connectivity index (χ2v) is 5.58. The van der Waals surface area contributed by atoms with Crippen LogP contribution in [-0.4, -0.2) is 48.8 Å². The molecule has 136 valence electrons. The molecule has 0 aliphatic rings. The van der Waals surface area contributed by atoms with Gasteiger partial charge in [0, 0.05) is 6.08 Å². The molecule has 0 aromatic heterocycles. The Morgan fingerprint density at radius 3 is 1.64 bits per heavy atom. The van der Waals surface area contributed by atoms with Crippen LogP contribution in [0.5, 0.6) is 0 Å². The van der Waals surface area contributed by atoms with Crippen molar-refractivity contribution in [1.29, 1.82) is 0 Å². The van der Waals surface area contributed by atoms with Crippen molar-refractivity contribution in [2.45, 2.75) is 58.3 Å². The molecule has 0 rings (SSSR count). The summed E-state index contributed by atoms with van der Waals surface area (Å²) in [6.07, 6.45) is 32.7. The third-order valence-electron chi connectivity index (χ3n) is 3.35. The summed E-state index contributed by atoms with van der Waals surface area (Å²) < 4.78 is 0. The van der Waals surface area contributed by atoms with E-state index in [4.69, 9.17) is 5.11 Å². The van der Waals surface area contributed by atoms with Crippen molar-refractivity contribution in [3.05, 3.63) is 72.9 Å². The van der Waals surface area contributed by atoms with Gasteiger partial charge in [0.25, 0.3) is 0 Å². The first-order valence-electron chi connectivity index (χ1n) is 9.00. The fraction of sp³-hybridized carbons (Fsp3) is 0.409. The molecule has 25 heavy (non-hydrogen) atoms. The fourth-order valence-electron chi connectivity index (χ4n) is 2.05. The fourth-order valence-corrected chi connectivity index (χ4v) is 2.05. The maximum atomic E-state index is 10.2. The molecule has 0 aromatic carbocycles. The van der Waals surface area contributed by atoms with Gasteiger partial charge >= 0.3 is 43.7 Å². The number of carboxylic acids is 1. The Kier molecular flexibility index (Phi) is 24.5. The van der Waals surface area contributed by atoms with Crippen LogP contribution in [0.1, 0.15) is 58.3 Å². The minimum atomic E-state index is -0.936. The Morgan fingerprint density at radius 1 is 0.680 bits per heavy atom. The van der Waals surface area contributed by atoms with Crippen molar-refractivity contribution >= 4 is 43.7 Å². The van der Waals surface area contributed by atoms with Gasteiger partial charge in [0.2, 0.25) is 0 Å². The van der Waals surface area contributed by atoms with Crippen molar-refractivity contribution < 1.29 is 9.90 Å². The number of carbonyl (C=O) groups is 1. The summed E-state index contributed by atoms with van der Waals surface area (Å²) in [4.78, 5) is 10.2. The Bertz CT molecular complexity index is 468. The Hall–Kier alpha value is -0.830. The summed E-state index contributed by atoms with van der Waals surface area (Å²) >= 11 is 0. The van der Waals surface area contributed by atoms with Crippen LogP contribution in [0, 0.1) is 0 Å². The molecule has 0 unspecified atom stereocenters. The molecule has 0 saturated carbocycles. The van der Waals surface area contributed by atoms with Crippen LogP contribution in [0.15, 0.2) is 72.9 Å². The van der Waals surface area contributed by atoms with E-state index in [-0.39, 0.29) is 37.7 Å². The quantitative estimate of drug-likeness (QED) is 0.186. The predicted octanol–water partition coefficient (Wildman–Crippen LogP) is 5.63. The predicted molar refractivity (Wildman–Crippen MR) is 114 cm³/mol. The van der Waals surface area contributed by atoms with Gasteiger partial charge in [0.15, 0.2) is 0 Å². The molecule has 0 heterocycles. The third kappa shape index (κ3) is 25.5. The topological polar surface area (TPSA) is 37.3 Å². The van der Waals surface area contributed by atoms with Gasteiger partial charge in [-0.3, -0.25) is 0 Å². The van der Waals surface area contributed by atoms with E-state index in [1.807, 2.05) is 36.5 Å². The summed E-state index contributed by atoms with van der Waals surface area (Å²) in [5, 5.41) is 8.39. The van der Waals surface area contributed by atoms with E-state index in [1.54, 1.807) is 12.2 Å². The number of rotatable bonds is 14. The van der Waals surface area contributed by atoms with Gasteiger partial charge in [-0.2, -0.15) is 0 Å². The molecule has 0 saturated heterocycles. The van der Waals surface area contributed by atoms with Crippen LogP contribution >= 0.6 is 0 Å². The third-order valence-corrected chi connectivity index (χ3v) is 3.35. The van der Waals surface area contributed by atoms with Crippen LogP contribution in [0.25, 0.3) is 0 Å². The van der Waals surface area contributed by atoms with E-state index >= 15 is 0 Å². The molecule has 0 aliphatic carbocycles. The standard InChI is InChI=1S/C22H32O2.Ca.2H/c1-2-3-4-5-6-7-8-9-10-11-12-13-14-15-16-17-18-19-20-21-22(23)24;;;/h10-21H,2-9H2,1H3,(H,23,24);;;. The molecule has 0 spiro atoms. The van der Waals surface area contributed by atoms with Gasteiger partial charge in [-0.05, 0) is 12.8 Å². The Labute approximate surface area is 183 Å². The average Bonchev–Trinajstić information content (AvgIpc) is 2.56. The molecule has 0 bridgehead atoms. The molecule has 3 heteroatoms. The summed E-state index contributed by atoms with van der Waals surface area (Å²) in [6.45, 7) is 2.25. The Balaban J connectivity index is 0. The molecule has 0 radical (unpaired) electrons. The minimum absolute atomic E-state index is 0. The van der Waals surface area contributed by atoms with Crippen molar-refractivity contribution in [1.82, 2.24) is 0 Å². The van der Waals surface area contributed by atoms with E-state index in [2.05, 4.69) is 19.1 Å². The summed E-state index contributed by atoms with van der Waals surface area (Å²) in [7, 11) is 0. The first-order chi connectivity index (χ1) is 11.8. The number of hydrogen-bond acceptors (Lipinski definition) is 1. The van der Waals surface area contributed by atoms with E-state index in [9.17, 15) is 4.79 Å². The van der Waals surface area contributed by atoms with Gasteiger partial charge in [-0.15, -0.1) is 0 Å². The number of aliphatic carboxylic acids is 1. The Morgan fingerprint density at radius 2 is 1.12 bits per heavy atom. The van der Waals surface area contributed by atoms with Crippen LogP contribution in [0.2, 0.25) is 0 Å². The first kappa shape index (κ1) is 26.4. The zero-order valence-corrected chi connectivity index (χ0v) is 14.9. The van der Waals surface area contributed by atoms with E-state index in [0.29, 0.717) is 0 Å². The van der Waals surface area contributed by atoms with Gasteiger partial charge in [-0.25, -0.2) is 4.79 Å². The van der Waals surface area contributed by atoms with Crippen molar-refractivity contribution in [3.63, 3.8) is 0 Å². The summed E-state index contributed by atoms with van der Waals surface area (Å²) in [5.41, 5.74) is 0. The van der Waals surface area contributed by atoms with E-state index in [1.165, 1.54) is 51.0 Å². The summed E-state index contributed by atoms with van der Waals surface area (Å²) in [5.74, 6) is -0.936. The second kappa shape index (κ2) is 23.2. The van der Waals surface area contributed by atoms with Gasteiger partial charge in [-0.1, -0.05) is 112 Å². The second-order valence-electron chi connectivity index (χ2n) is 5.58. The van der Waals surface area contributed by atoms with Gasteiger partial charge < -0.3 is 5.11 Å². The molecule has 0 atom stereocenters. The van der Waals surface area contributed by atoms with Gasteiger partial charge in [0.05, 0.1) is 0 Å². The zero-order valence-electron chi connectivity index (χ0n) is 14.9. The molecule has 0 amide bonds. The van der Waals surface area contributed by atoms with Crippen LogP contribution in [0.4, 0.5) is 0 Å². The molecule has 0 fully saturated rings. The average molecular weight is 371 g/mol. The molecule has 0 aliphatic heterocycles. The maximum absolute atomic E-state index is 10.2. The number of carboxylic acid groups (broad SMARTS) is 1. The van der Waals surface area contributed by atoms with E-state index in [0.717, 1.165) is 12.5 Å². The molecule has 1 N–H and O–H groups in total. The molecular weight excluding hydrogens is 336 g/mol. The zero-order chi connectivity index (χ0) is 17.7. The van der Waals surface area contributed by atoms with Crippen LogP contribution in [-0.2, 0) is 4.79 Å². The number of unbranched alkanes of at least 4 members (excludes halogenated alkanes) is 7. The molecule has 2 nitrogen and oxygen atoms in total. The number of allylic oxidation sites excluding steroid dienone is 11. The SMILES string of the molecule is CCCCCCCCCC=CC=CC=CC=CC=CC=CC(=O)O.[CaH2].